The largest absolute Gasteiger partial charge is 0.471 e. The van der Waals surface area contributed by atoms with Crippen LogP contribution < -0.4 is 0 Å². The lowest BCUT2D eigenvalue weighted by atomic mass is 11.8. The first-order valence-electron chi connectivity index (χ1n) is 1.56. The van der Waals surface area contributed by atoms with Gasteiger partial charge in [-0.05, 0) is 0 Å². The smallest absolute Gasteiger partial charge is 0.303 e. The first kappa shape index (κ1) is 11.0. The van der Waals surface area contributed by atoms with Crippen LogP contribution >= 0.6 is 7.82 Å². The molecule has 1 N–H and O–H groups in total. The zero-order valence-electron chi connectivity index (χ0n) is 4.12. The third-order valence-electron chi connectivity index (χ3n) is 0.461. The van der Waals surface area contributed by atoms with Crippen LogP contribution in [-0.2, 0) is 13.6 Å². The van der Waals surface area contributed by atoms with E-state index in [0.29, 0.717) is 0 Å². The van der Waals surface area contributed by atoms with Gasteiger partial charge in [-0.25, -0.2) is 4.57 Å². The lowest BCUT2D eigenvalue weighted by Crippen LogP contribution is -1.83. The second kappa shape index (κ2) is 4.04. The Morgan fingerprint density at radius 1 is 1.38 bits per heavy atom. The van der Waals surface area contributed by atoms with Gasteiger partial charge in [-0.3, -0.25) is 9.05 Å². The SMILES string of the molecule is C.COP(=O)(O)OC. The van der Waals surface area contributed by atoms with Crippen LogP contribution in [0.25, 0.3) is 0 Å². The molecule has 0 atom stereocenters. The maximum Gasteiger partial charge on any atom is 0.471 e. The highest BCUT2D eigenvalue weighted by atomic mass is 31.2. The molecule has 0 rings (SSSR count). The zero-order valence-corrected chi connectivity index (χ0v) is 5.01. The minimum Gasteiger partial charge on any atom is -0.303 e. The van der Waals surface area contributed by atoms with Gasteiger partial charge in [0, 0.05) is 14.2 Å². The van der Waals surface area contributed by atoms with E-state index in [1.165, 1.54) is 0 Å². The van der Waals surface area contributed by atoms with Crippen LogP contribution in [0.2, 0.25) is 0 Å². The van der Waals surface area contributed by atoms with Gasteiger partial charge in [0.25, 0.3) is 0 Å². The Hall–Kier alpha value is 0.110. The van der Waals surface area contributed by atoms with Gasteiger partial charge in [0.15, 0.2) is 0 Å². The van der Waals surface area contributed by atoms with Crippen LogP contribution in [0.4, 0.5) is 0 Å². The predicted octanol–water partition coefficient (Wildman–Crippen LogP) is 1.02. The molecule has 0 aliphatic carbocycles. The summed E-state index contributed by atoms with van der Waals surface area (Å²) >= 11 is 0. The molecule has 52 valence electrons. The molecule has 0 fully saturated rings. The van der Waals surface area contributed by atoms with Gasteiger partial charge in [-0.2, -0.15) is 0 Å². The Labute approximate surface area is 49.0 Å². The second-order valence-corrected chi connectivity index (χ2v) is 2.50. The monoisotopic (exact) mass is 142 g/mol. The average Bonchev–Trinajstić information content (AvgIpc) is 1.68. The number of hydrogen-bond donors (Lipinski definition) is 1. The fourth-order valence-electron chi connectivity index (χ4n) is 0.0745. The summed E-state index contributed by atoms with van der Waals surface area (Å²) in [5.41, 5.74) is 0. The quantitative estimate of drug-likeness (QED) is 0.584. The first-order chi connectivity index (χ1) is 3.12. The van der Waals surface area contributed by atoms with Crippen molar-refractivity contribution in [2.75, 3.05) is 14.2 Å². The second-order valence-electron chi connectivity index (χ2n) is 0.834. The Morgan fingerprint density at radius 2 is 1.62 bits per heavy atom. The van der Waals surface area contributed by atoms with Crippen molar-refractivity contribution < 1.29 is 18.5 Å². The van der Waals surface area contributed by atoms with E-state index >= 15 is 0 Å². The number of hydrogen-bond acceptors (Lipinski definition) is 3. The fraction of sp³-hybridized carbons (Fsp3) is 1.00. The highest BCUT2D eigenvalue weighted by Crippen LogP contribution is 2.40. The minimum atomic E-state index is -3.65. The lowest BCUT2D eigenvalue weighted by molar-refractivity contribution is 0.204. The van der Waals surface area contributed by atoms with Crippen LogP contribution in [0.3, 0.4) is 0 Å². The number of rotatable bonds is 2. The maximum absolute atomic E-state index is 10.1. The molecule has 0 aliphatic rings. The summed E-state index contributed by atoms with van der Waals surface area (Å²) < 4.78 is 18.0. The van der Waals surface area contributed by atoms with Crippen molar-refractivity contribution >= 4 is 7.82 Å². The maximum atomic E-state index is 10.1. The molecule has 0 saturated heterocycles. The van der Waals surface area contributed by atoms with Crippen molar-refractivity contribution in [3.05, 3.63) is 0 Å². The summed E-state index contributed by atoms with van der Waals surface area (Å²) in [7, 11) is -1.45. The molecule has 0 aliphatic heterocycles. The van der Waals surface area contributed by atoms with Crippen LogP contribution in [0.15, 0.2) is 0 Å². The summed E-state index contributed by atoms with van der Waals surface area (Å²) in [6.07, 6.45) is 0. The van der Waals surface area contributed by atoms with Gasteiger partial charge >= 0.3 is 7.82 Å². The molecule has 0 amide bonds. The van der Waals surface area contributed by atoms with Crippen molar-refractivity contribution in [2.45, 2.75) is 7.43 Å². The molecular formula is C3H11O4P. The van der Waals surface area contributed by atoms with Crippen molar-refractivity contribution in [1.29, 1.82) is 0 Å². The molecule has 5 heteroatoms. The Bertz CT molecular complexity index is 83.3. The van der Waals surface area contributed by atoms with Gasteiger partial charge in [0.2, 0.25) is 0 Å². The van der Waals surface area contributed by atoms with E-state index in [2.05, 4.69) is 9.05 Å². The molecule has 0 bridgehead atoms. The van der Waals surface area contributed by atoms with Gasteiger partial charge in [0.1, 0.15) is 0 Å². The number of phosphoric acid groups is 1. The van der Waals surface area contributed by atoms with E-state index < -0.39 is 7.82 Å². The van der Waals surface area contributed by atoms with E-state index in [0.717, 1.165) is 14.2 Å². The molecule has 0 aromatic rings. The molecule has 8 heavy (non-hydrogen) atoms. The topological polar surface area (TPSA) is 55.8 Å². The summed E-state index contributed by atoms with van der Waals surface area (Å²) in [5.74, 6) is 0. The van der Waals surface area contributed by atoms with Crippen LogP contribution in [-0.4, -0.2) is 19.1 Å². The summed E-state index contributed by atoms with van der Waals surface area (Å²) in [4.78, 5) is 8.24. The van der Waals surface area contributed by atoms with Crippen molar-refractivity contribution in [3.8, 4) is 0 Å². The van der Waals surface area contributed by atoms with E-state index in [9.17, 15) is 4.57 Å². The normalized spacial score (nSPS) is 10.4. The fourth-order valence-corrected chi connectivity index (χ4v) is 0.224. The molecule has 0 aromatic carbocycles. The van der Waals surface area contributed by atoms with Crippen molar-refractivity contribution in [1.82, 2.24) is 0 Å². The molecular weight excluding hydrogens is 131 g/mol. The van der Waals surface area contributed by atoms with Gasteiger partial charge in [-0.1, -0.05) is 7.43 Å². The summed E-state index contributed by atoms with van der Waals surface area (Å²) in [6, 6.07) is 0. The molecule has 0 radical (unpaired) electrons. The third-order valence-corrected chi connectivity index (χ3v) is 1.38. The molecule has 0 saturated carbocycles. The Balaban J connectivity index is 0. The highest BCUT2D eigenvalue weighted by molar-refractivity contribution is 7.47. The first-order valence-corrected chi connectivity index (χ1v) is 3.06. The average molecular weight is 142 g/mol. The van der Waals surface area contributed by atoms with E-state index in [1.807, 2.05) is 0 Å². The van der Waals surface area contributed by atoms with Crippen LogP contribution in [0, 0.1) is 0 Å². The molecule has 0 heterocycles. The third kappa shape index (κ3) is 4.27. The van der Waals surface area contributed by atoms with Gasteiger partial charge in [0.05, 0.1) is 0 Å². The molecule has 0 spiro atoms. The Kier molecular flexibility index (Phi) is 5.54. The predicted molar refractivity (Wildman–Crippen MR) is 30.6 cm³/mol. The van der Waals surface area contributed by atoms with Crippen molar-refractivity contribution in [2.24, 2.45) is 0 Å². The zero-order chi connectivity index (χ0) is 5.91. The minimum absolute atomic E-state index is 0. The van der Waals surface area contributed by atoms with E-state index in [4.69, 9.17) is 4.89 Å². The van der Waals surface area contributed by atoms with Crippen LogP contribution in [0.5, 0.6) is 0 Å². The van der Waals surface area contributed by atoms with Crippen LogP contribution in [0.1, 0.15) is 7.43 Å². The molecule has 0 unspecified atom stereocenters. The summed E-state index contributed by atoms with van der Waals surface area (Å²) in [5, 5.41) is 0. The van der Waals surface area contributed by atoms with Gasteiger partial charge in [-0.15, -0.1) is 0 Å². The molecule has 4 nitrogen and oxygen atoms in total. The van der Waals surface area contributed by atoms with E-state index in [-0.39, 0.29) is 7.43 Å². The van der Waals surface area contributed by atoms with Gasteiger partial charge < -0.3 is 4.89 Å². The lowest BCUT2D eigenvalue weighted by Gasteiger charge is -2.01. The summed E-state index contributed by atoms with van der Waals surface area (Å²) in [6.45, 7) is 0. The molecule has 0 aromatic heterocycles. The van der Waals surface area contributed by atoms with Crippen molar-refractivity contribution in [3.63, 3.8) is 0 Å². The van der Waals surface area contributed by atoms with E-state index in [1.54, 1.807) is 0 Å². The number of phosphoric ester groups is 1. The standard InChI is InChI=1S/C2H7O4P.CH4/c1-5-7(3,4)6-2;/h1-2H3,(H,3,4);1H4. The highest BCUT2D eigenvalue weighted by Gasteiger charge is 2.13. The Morgan fingerprint density at radius 3 is 1.62 bits per heavy atom.